The minimum atomic E-state index is -0.587. The number of rotatable bonds is 2. The monoisotopic (exact) mass is 247 g/mol. The molecule has 0 saturated carbocycles. The van der Waals surface area contributed by atoms with E-state index in [1.165, 1.54) is 24.4 Å². The zero-order chi connectivity index (χ0) is 12.3. The topological polar surface area (TPSA) is 69.5 Å². The molecular weight excluding hydrogens is 241 g/mol. The molecule has 0 saturated heterocycles. The van der Waals surface area contributed by atoms with Crippen molar-refractivity contribution in [3.63, 3.8) is 0 Å². The predicted molar refractivity (Wildman–Crippen MR) is 60.1 cm³/mol. The van der Waals surface area contributed by atoms with Crippen LogP contribution in [-0.2, 0) is 0 Å². The van der Waals surface area contributed by atoms with Gasteiger partial charge in [0.1, 0.15) is 17.4 Å². The fraction of sp³-hybridized carbons (Fsp3) is 0. The molecule has 0 amide bonds. The number of hydrogen-bond acceptors (Lipinski definition) is 4. The number of aromatic nitrogens is 2. The first-order chi connectivity index (χ1) is 8.20. The van der Waals surface area contributed by atoms with Gasteiger partial charge in [-0.2, -0.15) is 5.26 Å². The van der Waals surface area contributed by atoms with Crippen LogP contribution < -0.4 is 5.56 Å². The van der Waals surface area contributed by atoms with E-state index >= 15 is 0 Å². The van der Waals surface area contributed by atoms with Gasteiger partial charge in [-0.3, -0.25) is 4.79 Å². The van der Waals surface area contributed by atoms with E-state index in [1.54, 1.807) is 12.1 Å². The zero-order valence-corrected chi connectivity index (χ0v) is 9.29. The molecule has 6 heteroatoms. The Kier molecular flexibility index (Phi) is 3.21. The predicted octanol–water partition coefficient (Wildman–Crippen LogP) is 1.93. The van der Waals surface area contributed by atoms with Crippen molar-refractivity contribution < 1.29 is 4.39 Å². The Labute approximate surface area is 100 Å². The molecular formula is C11H6FN3OS. The van der Waals surface area contributed by atoms with Gasteiger partial charge in [0.2, 0.25) is 0 Å². The highest BCUT2D eigenvalue weighted by atomic mass is 32.2. The molecule has 1 aromatic carbocycles. The molecule has 1 heterocycles. The summed E-state index contributed by atoms with van der Waals surface area (Å²) < 4.78 is 13.3. The second-order valence-corrected chi connectivity index (χ2v) is 4.10. The molecule has 0 unspecified atom stereocenters. The quantitative estimate of drug-likeness (QED) is 0.823. The van der Waals surface area contributed by atoms with Crippen LogP contribution in [0.4, 0.5) is 4.39 Å². The van der Waals surface area contributed by atoms with Crippen molar-refractivity contribution in [3.05, 3.63) is 52.2 Å². The largest absolute Gasteiger partial charge is 0.301 e. The van der Waals surface area contributed by atoms with Gasteiger partial charge in [0.25, 0.3) is 5.56 Å². The molecule has 2 aromatic rings. The number of halogens is 1. The van der Waals surface area contributed by atoms with Crippen LogP contribution in [-0.4, -0.2) is 9.97 Å². The summed E-state index contributed by atoms with van der Waals surface area (Å²) in [6.45, 7) is 0. The Bertz CT molecular complexity index is 648. The van der Waals surface area contributed by atoms with Crippen LogP contribution in [0.3, 0.4) is 0 Å². The average molecular weight is 247 g/mol. The lowest BCUT2D eigenvalue weighted by molar-refractivity contribution is 0.620. The Morgan fingerprint density at radius 2 is 2.24 bits per heavy atom. The summed E-state index contributed by atoms with van der Waals surface area (Å²) in [5.74, 6) is -0.587. The van der Waals surface area contributed by atoms with Crippen molar-refractivity contribution in [2.45, 2.75) is 10.1 Å². The summed E-state index contributed by atoms with van der Waals surface area (Å²) in [7, 11) is 0. The van der Waals surface area contributed by atoms with Crippen molar-refractivity contribution in [1.82, 2.24) is 9.97 Å². The highest BCUT2D eigenvalue weighted by molar-refractivity contribution is 7.99. The van der Waals surface area contributed by atoms with Crippen LogP contribution in [0.2, 0.25) is 0 Å². The maximum atomic E-state index is 13.3. The molecule has 0 aliphatic heterocycles. The molecule has 84 valence electrons. The van der Waals surface area contributed by atoms with Gasteiger partial charge in [-0.25, -0.2) is 9.37 Å². The molecule has 0 bridgehead atoms. The van der Waals surface area contributed by atoms with Gasteiger partial charge in [-0.1, -0.05) is 17.8 Å². The fourth-order valence-corrected chi connectivity index (χ4v) is 2.07. The molecule has 0 atom stereocenters. The van der Waals surface area contributed by atoms with Crippen LogP contribution >= 0.6 is 11.8 Å². The van der Waals surface area contributed by atoms with E-state index in [1.807, 2.05) is 0 Å². The van der Waals surface area contributed by atoms with Gasteiger partial charge in [0.15, 0.2) is 5.16 Å². The standard InChI is InChI=1S/C11H6FN3OS/c12-8-2-1-3-9(7(8)6-13)17-11-14-5-4-10(16)15-11/h1-5H,(H,14,15,16). The third-order valence-electron chi connectivity index (χ3n) is 1.94. The Morgan fingerprint density at radius 3 is 2.94 bits per heavy atom. The van der Waals surface area contributed by atoms with Gasteiger partial charge in [-0.15, -0.1) is 0 Å². The first-order valence-corrected chi connectivity index (χ1v) is 5.44. The fourth-order valence-electron chi connectivity index (χ4n) is 1.21. The number of H-pyrrole nitrogens is 1. The smallest absolute Gasteiger partial charge is 0.251 e. The van der Waals surface area contributed by atoms with Crippen molar-refractivity contribution >= 4 is 11.8 Å². The molecule has 0 aliphatic rings. The first kappa shape index (κ1) is 11.4. The highest BCUT2D eigenvalue weighted by Crippen LogP contribution is 2.28. The van der Waals surface area contributed by atoms with Crippen LogP contribution in [0, 0.1) is 17.1 Å². The summed E-state index contributed by atoms with van der Waals surface area (Å²) in [4.78, 5) is 17.9. The van der Waals surface area contributed by atoms with Gasteiger partial charge >= 0.3 is 0 Å². The van der Waals surface area contributed by atoms with Gasteiger partial charge < -0.3 is 4.98 Å². The third kappa shape index (κ3) is 2.52. The third-order valence-corrected chi connectivity index (χ3v) is 2.90. The molecule has 2 rings (SSSR count). The number of benzene rings is 1. The number of nitriles is 1. The van der Waals surface area contributed by atoms with Gasteiger partial charge in [-0.05, 0) is 12.1 Å². The van der Waals surface area contributed by atoms with Crippen LogP contribution in [0.25, 0.3) is 0 Å². The van der Waals surface area contributed by atoms with E-state index in [2.05, 4.69) is 9.97 Å². The summed E-state index contributed by atoms with van der Waals surface area (Å²) >= 11 is 1.04. The van der Waals surface area contributed by atoms with E-state index in [-0.39, 0.29) is 11.1 Å². The van der Waals surface area contributed by atoms with E-state index in [4.69, 9.17) is 5.26 Å². The average Bonchev–Trinajstić information content (AvgIpc) is 2.29. The number of aromatic amines is 1. The van der Waals surface area contributed by atoms with E-state index in [9.17, 15) is 9.18 Å². The molecule has 1 aromatic heterocycles. The first-order valence-electron chi connectivity index (χ1n) is 4.62. The molecule has 1 N–H and O–H groups in total. The number of nitrogens with zero attached hydrogens (tertiary/aromatic N) is 2. The Hall–Kier alpha value is -2.13. The van der Waals surface area contributed by atoms with Crippen molar-refractivity contribution in [2.75, 3.05) is 0 Å². The Morgan fingerprint density at radius 1 is 1.41 bits per heavy atom. The number of hydrogen-bond donors (Lipinski definition) is 1. The Balaban J connectivity index is 2.41. The molecule has 0 spiro atoms. The lowest BCUT2D eigenvalue weighted by Gasteiger charge is -2.02. The van der Waals surface area contributed by atoms with Crippen LogP contribution in [0.15, 0.2) is 45.3 Å². The highest BCUT2D eigenvalue weighted by Gasteiger charge is 2.09. The second-order valence-electron chi connectivity index (χ2n) is 3.07. The normalized spacial score (nSPS) is 9.88. The SMILES string of the molecule is N#Cc1c(F)cccc1Sc1nccc(=O)[nH]1. The summed E-state index contributed by atoms with van der Waals surface area (Å²) in [5, 5.41) is 9.16. The molecule has 0 radical (unpaired) electrons. The minimum Gasteiger partial charge on any atom is -0.301 e. The zero-order valence-electron chi connectivity index (χ0n) is 8.48. The molecule has 0 aliphatic carbocycles. The maximum Gasteiger partial charge on any atom is 0.251 e. The summed E-state index contributed by atoms with van der Waals surface area (Å²) in [6, 6.07) is 7.37. The van der Waals surface area contributed by atoms with E-state index in [0.717, 1.165) is 11.8 Å². The van der Waals surface area contributed by atoms with Crippen molar-refractivity contribution in [1.29, 1.82) is 5.26 Å². The summed E-state index contributed by atoms with van der Waals surface area (Å²) in [5.41, 5.74) is -0.346. The molecule has 0 fully saturated rings. The summed E-state index contributed by atoms with van der Waals surface area (Å²) in [6.07, 6.45) is 1.35. The van der Waals surface area contributed by atoms with Crippen molar-refractivity contribution in [2.24, 2.45) is 0 Å². The van der Waals surface area contributed by atoms with Crippen LogP contribution in [0.1, 0.15) is 5.56 Å². The van der Waals surface area contributed by atoms with Crippen LogP contribution in [0.5, 0.6) is 0 Å². The van der Waals surface area contributed by atoms with Gasteiger partial charge in [0, 0.05) is 17.2 Å². The molecule has 17 heavy (non-hydrogen) atoms. The van der Waals surface area contributed by atoms with E-state index in [0.29, 0.717) is 10.1 Å². The minimum absolute atomic E-state index is 0.0518. The molecule has 4 nitrogen and oxygen atoms in total. The lowest BCUT2D eigenvalue weighted by atomic mass is 10.2. The lowest BCUT2D eigenvalue weighted by Crippen LogP contribution is -2.05. The van der Waals surface area contributed by atoms with Gasteiger partial charge in [0.05, 0.1) is 0 Å². The van der Waals surface area contributed by atoms with E-state index < -0.39 is 5.82 Å². The second kappa shape index (κ2) is 4.80. The van der Waals surface area contributed by atoms with Crippen molar-refractivity contribution in [3.8, 4) is 6.07 Å². The number of nitrogens with one attached hydrogen (secondary N) is 1. The maximum absolute atomic E-state index is 13.3.